The highest BCUT2D eigenvalue weighted by molar-refractivity contribution is 9.10. The van der Waals surface area contributed by atoms with Crippen molar-refractivity contribution in [2.24, 2.45) is 0 Å². The van der Waals surface area contributed by atoms with E-state index >= 15 is 0 Å². The van der Waals surface area contributed by atoms with Gasteiger partial charge in [-0.05, 0) is 40.5 Å². The molecule has 0 unspecified atom stereocenters. The summed E-state index contributed by atoms with van der Waals surface area (Å²) in [5.74, 6) is 0.639. The smallest absolute Gasteiger partial charge is 0.251 e. The Labute approximate surface area is 116 Å². The first-order valence-electron chi connectivity index (χ1n) is 5.88. The molecule has 18 heavy (non-hydrogen) atoms. The zero-order chi connectivity index (χ0) is 13.4. The molecule has 0 saturated heterocycles. The zero-order valence-corrected chi connectivity index (χ0v) is 12.2. The van der Waals surface area contributed by atoms with Gasteiger partial charge in [0.2, 0.25) is 0 Å². The van der Waals surface area contributed by atoms with Crippen LogP contribution >= 0.6 is 15.9 Å². The third kappa shape index (κ3) is 4.66. The van der Waals surface area contributed by atoms with Gasteiger partial charge in [-0.2, -0.15) is 0 Å². The molecule has 100 valence electrons. The van der Waals surface area contributed by atoms with Crippen LogP contribution < -0.4 is 10.1 Å². The monoisotopic (exact) mass is 315 g/mol. The average Bonchev–Trinajstić information content (AvgIpc) is 2.38. The van der Waals surface area contributed by atoms with Gasteiger partial charge in [0.15, 0.2) is 0 Å². The van der Waals surface area contributed by atoms with Crippen molar-refractivity contribution in [2.45, 2.75) is 13.3 Å². The second-order valence-electron chi connectivity index (χ2n) is 3.74. The van der Waals surface area contributed by atoms with Gasteiger partial charge in [0.05, 0.1) is 11.1 Å². The van der Waals surface area contributed by atoms with Crippen LogP contribution in [0.25, 0.3) is 0 Å². The number of nitrogens with one attached hydrogen (secondary N) is 1. The Morgan fingerprint density at radius 3 is 2.78 bits per heavy atom. The molecule has 5 heteroatoms. The lowest BCUT2D eigenvalue weighted by atomic mass is 10.2. The van der Waals surface area contributed by atoms with Crippen molar-refractivity contribution in [1.29, 1.82) is 0 Å². The number of rotatable bonds is 7. The summed E-state index contributed by atoms with van der Waals surface area (Å²) in [6, 6.07) is 5.28. The predicted octanol–water partition coefficient (Wildman–Crippen LogP) is 2.61. The molecule has 0 spiro atoms. The molecule has 0 radical (unpaired) electrons. The van der Waals surface area contributed by atoms with Crippen LogP contribution in [0.3, 0.4) is 0 Å². The first-order chi connectivity index (χ1) is 8.69. The van der Waals surface area contributed by atoms with Crippen molar-refractivity contribution >= 4 is 21.8 Å². The number of carbonyl (C=O) groups is 1. The summed E-state index contributed by atoms with van der Waals surface area (Å²) in [5.41, 5.74) is 0.620. The molecule has 1 aromatic rings. The number of hydrogen-bond acceptors (Lipinski definition) is 3. The molecule has 1 N–H and O–H groups in total. The van der Waals surface area contributed by atoms with Gasteiger partial charge in [0.1, 0.15) is 12.4 Å². The van der Waals surface area contributed by atoms with E-state index in [0.717, 1.165) is 10.9 Å². The Balaban J connectivity index is 2.63. The van der Waals surface area contributed by atoms with E-state index in [9.17, 15) is 4.79 Å². The molecule has 0 fully saturated rings. The highest BCUT2D eigenvalue weighted by Gasteiger charge is 2.08. The number of halogens is 1. The summed E-state index contributed by atoms with van der Waals surface area (Å²) in [5, 5.41) is 2.83. The molecule has 0 saturated carbocycles. The molecule has 1 amide bonds. The van der Waals surface area contributed by atoms with Gasteiger partial charge in [-0.1, -0.05) is 6.92 Å². The van der Waals surface area contributed by atoms with E-state index < -0.39 is 0 Å². The number of carbonyl (C=O) groups excluding carboxylic acids is 1. The third-order valence-electron chi connectivity index (χ3n) is 2.27. The van der Waals surface area contributed by atoms with E-state index in [-0.39, 0.29) is 5.91 Å². The summed E-state index contributed by atoms with van der Waals surface area (Å²) >= 11 is 3.39. The van der Waals surface area contributed by atoms with Crippen LogP contribution in [0.4, 0.5) is 0 Å². The maximum Gasteiger partial charge on any atom is 0.251 e. The molecular formula is C13H18BrNO3. The number of methoxy groups -OCH3 is 1. The lowest BCUT2D eigenvalue weighted by molar-refractivity contribution is 0.0953. The number of ether oxygens (including phenoxy) is 2. The summed E-state index contributed by atoms with van der Waals surface area (Å²) < 4.78 is 11.2. The molecule has 0 aliphatic heterocycles. The van der Waals surface area contributed by atoms with Gasteiger partial charge >= 0.3 is 0 Å². The second-order valence-corrected chi connectivity index (χ2v) is 4.60. The highest BCUT2D eigenvalue weighted by Crippen LogP contribution is 2.25. The van der Waals surface area contributed by atoms with E-state index in [1.165, 1.54) is 0 Å². The second kappa shape index (κ2) is 8.11. The summed E-state index contributed by atoms with van der Waals surface area (Å²) in [7, 11) is 1.62. The SMILES string of the molecule is CCCNC(=O)c1ccc(OCCOC)c(Br)c1. The fourth-order valence-electron chi connectivity index (χ4n) is 1.33. The number of amides is 1. The van der Waals surface area contributed by atoms with E-state index in [1.807, 2.05) is 6.92 Å². The maximum absolute atomic E-state index is 11.7. The standard InChI is InChI=1S/C13H18BrNO3/c1-3-6-15-13(16)10-4-5-12(11(14)9-10)18-8-7-17-2/h4-5,9H,3,6-8H2,1-2H3,(H,15,16). The topological polar surface area (TPSA) is 47.6 Å². The third-order valence-corrected chi connectivity index (χ3v) is 2.89. The van der Waals surface area contributed by atoms with Crippen molar-refractivity contribution in [3.05, 3.63) is 28.2 Å². The molecule has 1 rings (SSSR count). The molecular weight excluding hydrogens is 298 g/mol. The normalized spacial score (nSPS) is 10.2. The van der Waals surface area contributed by atoms with Crippen molar-refractivity contribution in [3.63, 3.8) is 0 Å². The summed E-state index contributed by atoms with van der Waals surface area (Å²) in [6.07, 6.45) is 0.922. The Hall–Kier alpha value is -1.07. The minimum Gasteiger partial charge on any atom is -0.490 e. The van der Waals surface area contributed by atoms with Crippen molar-refractivity contribution in [2.75, 3.05) is 26.9 Å². The fraction of sp³-hybridized carbons (Fsp3) is 0.462. The quantitative estimate of drug-likeness (QED) is 0.787. The van der Waals surface area contributed by atoms with Gasteiger partial charge in [0.25, 0.3) is 5.91 Å². The van der Waals surface area contributed by atoms with Gasteiger partial charge < -0.3 is 14.8 Å². The van der Waals surface area contributed by atoms with Crippen molar-refractivity contribution in [1.82, 2.24) is 5.32 Å². The van der Waals surface area contributed by atoms with E-state index in [4.69, 9.17) is 9.47 Å². The van der Waals surface area contributed by atoms with Gasteiger partial charge in [0, 0.05) is 19.2 Å². The van der Waals surface area contributed by atoms with E-state index in [1.54, 1.807) is 25.3 Å². The van der Waals surface area contributed by atoms with Crippen LogP contribution in [-0.2, 0) is 4.74 Å². The molecule has 0 atom stereocenters. The zero-order valence-electron chi connectivity index (χ0n) is 10.7. The highest BCUT2D eigenvalue weighted by atomic mass is 79.9. The molecule has 0 bridgehead atoms. The molecule has 0 aliphatic carbocycles. The van der Waals surface area contributed by atoms with Gasteiger partial charge in [-0.3, -0.25) is 4.79 Å². The first-order valence-corrected chi connectivity index (χ1v) is 6.67. The van der Waals surface area contributed by atoms with Crippen LogP contribution in [0.1, 0.15) is 23.7 Å². The Morgan fingerprint density at radius 2 is 2.17 bits per heavy atom. The van der Waals surface area contributed by atoms with Crippen LogP contribution in [0.5, 0.6) is 5.75 Å². The van der Waals surface area contributed by atoms with Crippen LogP contribution in [-0.4, -0.2) is 32.8 Å². The number of benzene rings is 1. The van der Waals surface area contributed by atoms with Gasteiger partial charge in [-0.25, -0.2) is 0 Å². The summed E-state index contributed by atoms with van der Waals surface area (Å²) in [4.78, 5) is 11.7. The number of hydrogen-bond donors (Lipinski definition) is 1. The average molecular weight is 316 g/mol. The van der Waals surface area contributed by atoms with Crippen molar-refractivity contribution < 1.29 is 14.3 Å². The molecule has 0 heterocycles. The summed E-state index contributed by atoms with van der Waals surface area (Å²) in [6.45, 7) is 3.72. The minimum atomic E-state index is -0.0685. The van der Waals surface area contributed by atoms with Crippen LogP contribution in [0.2, 0.25) is 0 Å². The van der Waals surface area contributed by atoms with Gasteiger partial charge in [-0.15, -0.1) is 0 Å². The fourth-order valence-corrected chi connectivity index (χ4v) is 1.83. The van der Waals surface area contributed by atoms with Crippen LogP contribution in [0.15, 0.2) is 22.7 Å². The Morgan fingerprint density at radius 1 is 1.39 bits per heavy atom. The Kier molecular flexibility index (Phi) is 6.75. The largest absolute Gasteiger partial charge is 0.490 e. The first kappa shape index (κ1) is 15.0. The lowest BCUT2D eigenvalue weighted by Crippen LogP contribution is -2.23. The molecule has 0 aromatic heterocycles. The molecule has 4 nitrogen and oxygen atoms in total. The maximum atomic E-state index is 11.7. The minimum absolute atomic E-state index is 0.0685. The lowest BCUT2D eigenvalue weighted by Gasteiger charge is -2.09. The van der Waals surface area contributed by atoms with Crippen LogP contribution in [0, 0.1) is 0 Å². The van der Waals surface area contributed by atoms with E-state index in [0.29, 0.717) is 31.1 Å². The van der Waals surface area contributed by atoms with E-state index in [2.05, 4.69) is 21.2 Å². The van der Waals surface area contributed by atoms with Crippen molar-refractivity contribution in [3.8, 4) is 5.75 Å². The Bertz CT molecular complexity index is 396. The molecule has 1 aromatic carbocycles. The molecule has 0 aliphatic rings. The predicted molar refractivity (Wildman–Crippen MR) is 74.1 cm³/mol.